The zero-order valence-electron chi connectivity index (χ0n) is 16.0. The summed E-state index contributed by atoms with van der Waals surface area (Å²) in [5.41, 5.74) is 2.64. The van der Waals surface area contributed by atoms with Crippen molar-refractivity contribution >= 4 is 44.4 Å². The summed E-state index contributed by atoms with van der Waals surface area (Å²) in [7, 11) is 1.59. The van der Waals surface area contributed by atoms with Crippen molar-refractivity contribution in [3.05, 3.63) is 41.2 Å². The number of hydrogen-bond donors (Lipinski definition) is 2. The summed E-state index contributed by atoms with van der Waals surface area (Å²) in [6.07, 6.45) is 0. The quantitative estimate of drug-likeness (QED) is 0.624. The van der Waals surface area contributed by atoms with E-state index in [4.69, 9.17) is 9.47 Å². The van der Waals surface area contributed by atoms with Gasteiger partial charge in [0.2, 0.25) is 0 Å². The first-order valence-electron chi connectivity index (χ1n) is 8.59. The summed E-state index contributed by atoms with van der Waals surface area (Å²) >= 11 is 1.33. The minimum absolute atomic E-state index is 0.262. The fourth-order valence-corrected chi connectivity index (χ4v) is 3.49. The largest absolute Gasteiger partial charge is 0.497 e. The van der Waals surface area contributed by atoms with Gasteiger partial charge in [0.25, 0.3) is 0 Å². The summed E-state index contributed by atoms with van der Waals surface area (Å²) in [5, 5.41) is 5.87. The second-order valence-electron chi connectivity index (χ2n) is 5.91. The molecule has 0 bridgehead atoms. The SMILES string of the molecule is CCOC(=O)c1cc(NC(=O)Nc2nc3ccc(OC)cc3s2)c(C)nc1C. The lowest BCUT2D eigenvalue weighted by molar-refractivity contribution is 0.0525. The first-order valence-corrected chi connectivity index (χ1v) is 9.41. The molecular formula is C19H20N4O4S. The third-order valence-corrected chi connectivity index (χ3v) is 4.90. The molecule has 2 aromatic heterocycles. The Hall–Kier alpha value is -3.20. The lowest BCUT2D eigenvalue weighted by Crippen LogP contribution is -2.21. The number of fused-ring (bicyclic) bond motifs is 1. The number of urea groups is 1. The van der Waals surface area contributed by atoms with E-state index in [-0.39, 0.29) is 6.61 Å². The van der Waals surface area contributed by atoms with E-state index in [1.54, 1.807) is 33.9 Å². The maximum Gasteiger partial charge on any atom is 0.340 e. The summed E-state index contributed by atoms with van der Waals surface area (Å²) in [6, 6.07) is 6.58. The molecule has 2 heterocycles. The number of nitrogens with one attached hydrogen (secondary N) is 2. The summed E-state index contributed by atoms with van der Waals surface area (Å²) < 4.78 is 11.1. The van der Waals surface area contributed by atoms with E-state index in [1.165, 1.54) is 11.3 Å². The molecule has 0 aliphatic heterocycles. The third kappa shape index (κ3) is 4.20. The lowest BCUT2D eigenvalue weighted by Gasteiger charge is -2.12. The number of thiazole rings is 1. The van der Waals surface area contributed by atoms with Crippen LogP contribution >= 0.6 is 11.3 Å². The first-order chi connectivity index (χ1) is 13.4. The zero-order chi connectivity index (χ0) is 20.3. The Balaban J connectivity index is 1.77. The van der Waals surface area contributed by atoms with Crippen LogP contribution in [-0.2, 0) is 4.74 Å². The molecule has 0 saturated carbocycles. The van der Waals surface area contributed by atoms with Crippen molar-refractivity contribution in [3.63, 3.8) is 0 Å². The van der Waals surface area contributed by atoms with Crippen molar-refractivity contribution in [1.29, 1.82) is 0 Å². The van der Waals surface area contributed by atoms with Crippen molar-refractivity contribution in [2.45, 2.75) is 20.8 Å². The van der Waals surface area contributed by atoms with Crippen molar-refractivity contribution in [3.8, 4) is 5.75 Å². The number of carbonyl (C=O) groups is 2. The monoisotopic (exact) mass is 400 g/mol. The van der Waals surface area contributed by atoms with Crippen LogP contribution in [0.2, 0.25) is 0 Å². The molecule has 0 unspecified atom stereocenters. The molecule has 2 N–H and O–H groups in total. The predicted molar refractivity (Wildman–Crippen MR) is 108 cm³/mol. The smallest absolute Gasteiger partial charge is 0.340 e. The summed E-state index contributed by atoms with van der Waals surface area (Å²) in [6.45, 7) is 5.47. The highest BCUT2D eigenvalue weighted by atomic mass is 32.1. The fourth-order valence-electron chi connectivity index (χ4n) is 2.60. The highest BCUT2D eigenvalue weighted by molar-refractivity contribution is 7.22. The normalized spacial score (nSPS) is 10.6. The topological polar surface area (TPSA) is 102 Å². The number of aryl methyl sites for hydroxylation is 2. The fraction of sp³-hybridized carbons (Fsp3) is 0.263. The van der Waals surface area contributed by atoms with Gasteiger partial charge >= 0.3 is 12.0 Å². The number of amides is 2. The van der Waals surface area contributed by atoms with Crippen LogP contribution in [0.15, 0.2) is 24.3 Å². The zero-order valence-corrected chi connectivity index (χ0v) is 16.8. The van der Waals surface area contributed by atoms with Gasteiger partial charge in [0.1, 0.15) is 5.75 Å². The molecule has 0 radical (unpaired) electrons. The second kappa shape index (κ2) is 8.22. The molecule has 2 amide bonds. The van der Waals surface area contributed by atoms with E-state index < -0.39 is 12.0 Å². The molecule has 3 rings (SSSR count). The number of ether oxygens (including phenoxy) is 2. The number of anilines is 2. The van der Waals surface area contributed by atoms with E-state index in [9.17, 15) is 9.59 Å². The van der Waals surface area contributed by atoms with E-state index in [0.29, 0.717) is 27.8 Å². The minimum atomic E-state index is -0.477. The molecule has 146 valence electrons. The van der Waals surface area contributed by atoms with Crippen LogP contribution in [0.4, 0.5) is 15.6 Å². The van der Waals surface area contributed by atoms with Gasteiger partial charge in [-0.3, -0.25) is 10.3 Å². The Morgan fingerprint density at radius 2 is 1.89 bits per heavy atom. The van der Waals surface area contributed by atoms with Gasteiger partial charge in [-0.1, -0.05) is 11.3 Å². The molecular weight excluding hydrogens is 380 g/mol. The van der Waals surface area contributed by atoms with Crippen molar-refractivity contribution in [2.24, 2.45) is 0 Å². The Morgan fingerprint density at radius 1 is 1.11 bits per heavy atom. The number of benzene rings is 1. The Morgan fingerprint density at radius 3 is 2.61 bits per heavy atom. The van der Waals surface area contributed by atoms with E-state index in [1.807, 2.05) is 18.2 Å². The Bertz CT molecular complexity index is 1050. The Labute approximate surface area is 165 Å². The van der Waals surface area contributed by atoms with Crippen LogP contribution < -0.4 is 15.4 Å². The van der Waals surface area contributed by atoms with Gasteiger partial charge in [-0.15, -0.1) is 0 Å². The minimum Gasteiger partial charge on any atom is -0.497 e. The van der Waals surface area contributed by atoms with Gasteiger partial charge in [-0.2, -0.15) is 0 Å². The molecule has 0 saturated heterocycles. The average molecular weight is 400 g/mol. The number of esters is 1. The van der Waals surface area contributed by atoms with Crippen LogP contribution in [0.1, 0.15) is 28.7 Å². The maximum absolute atomic E-state index is 12.4. The Kier molecular flexibility index (Phi) is 5.74. The number of hydrogen-bond acceptors (Lipinski definition) is 7. The molecule has 0 aliphatic rings. The number of rotatable bonds is 5. The maximum atomic E-state index is 12.4. The van der Waals surface area contributed by atoms with Crippen molar-refractivity contribution in [1.82, 2.24) is 9.97 Å². The highest BCUT2D eigenvalue weighted by Gasteiger charge is 2.16. The average Bonchev–Trinajstić information content (AvgIpc) is 3.05. The lowest BCUT2D eigenvalue weighted by atomic mass is 10.1. The number of nitrogens with zero attached hydrogens (tertiary/aromatic N) is 2. The molecule has 8 nitrogen and oxygen atoms in total. The van der Waals surface area contributed by atoms with Crippen LogP contribution in [0.5, 0.6) is 5.75 Å². The van der Waals surface area contributed by atoms with E-state index in [2.05, 4.69) is 20.6 Å². The number of methoxy groups -OCH3 is 1. The standard InChI is InChI=1S/C19H20N4O4S/c1-5-27-17(24)13-9-15(11(3)20-10(13)2)21-18(25)23-19-22-14-7-6-12(26-4)8-16(14)28-19/h6-9H,5H2,1-4H3,(H2,21,22,23,25). The van der Waals surface area contributed by atoms with Gasteiger partial charge in [-0.05, 0) is 45.0 Å². The van der Waals surface area contributed by atoms with Gasteiger partial charge in [-0.25, -0.2) is 14.6 Å². The first kappa shape index (κ1) is 19.6. The number of aromatic nitrogens is 2. The van der Waals surface area contributed by atoms with E-state index >= 15 is 0 Å². The second-order valence-corrected chi connectivity index (χ2v) is 6.94. The van der Waals surface area contributed by atoms with Crippen LogP contribution in [0.25, 0.3) is 10.2 Å². The molecule has 28 heavy (non-hydrogen) atoms. The molecule has 0 fully saturated rings. The van der Waals surface area contributed by atoms with Crippen LogP contribution in [-0.4, -0.2) is 35.7 Å². The number of pyridine rings is 1. The highest BCUT2D eigenvalue weighted by Crippen LogP contribution is 2.29. The summed E-state index contributed by atoms with van der Waals surface area (Å²) in [4.78, 5) is 33.1. The van der Waals surface area contributed by atoms with Crippen LogP contribution in [0.3, 0.4) is 0 Å². The van der Waals surface area contributed by atoms with Crippen LogP contribution in [0, 0.1) is 13.8 Å². The molecule has 0 atom stereocenters. The molecule has 3 aromatic rings. The van der Waals surface area contributed by atoms with Crippen molar-refractivity contribution in [2.75, 3.05) is 24.4 Å². The number of carbonyl (C=O) groups excluding carboxylic acids is 2. The molecule has 0 spiro atoms. The van der Waals surface area contributed by atoms with Gasteiger partial charge in [0.15, 0.2) is 5.13 Å². The van der Waals surface area contributed by atoms with Gasteiger partial charge in [0, 0.05) is 0 Å². The predicted octanol–water partition coefficient (Wildman–Crippen LogP) is 4.14. The molecule has 0 aliphatic carbocycles. The third-order valence-electron chi connectivity index (χ3n) is 3.96. The van der Waals surface area contributed by atoms with Gasteiger partial charge in [0.05, 0.1) is 46.6 Å². The summed E-state index contributed by atoms with van der Waals surface area (Å²) in [5.74, 6) is 0.246. The van der Waals surface area contributed by atoms with E-state index in [0.717, 1.165) is 16.0 Å². The molecule has 9 heteroatoms. The van der Waals surface area contributed by atoms with Gasteiger partial charge < -0.3 is 14.8 Å². The van der Waals surface area contributed by atoms with Crippen molar-refractivity contribution < 1.29 is 19.1 Å². The molecule has 1 aromatic carbocycles.